The largest absolute Gasteiger partial charge is 0.391 e. The summed E-state index contributed by atoms with van der Waals surface area (Å²) < 4.78 is 0. The Balaban J connectivity index is 3.13. The van der Waals surface area contributed by atoms with Crippen LogP contribution in [0.1, 0.15) is 0 Å². The van der Waals surface area contributed by atoms with Crippen LogP contribution in [0.5, 0.6) is 0 Å². The van der Waals surface area contributed by atoms with Crippen LogP contribution in [0.25, 0.3) is 0 Å². The molecule has 0 amide bonds. The molecule has 1 aromatic rings. The van der Waals surface area contributed by atoms with Crippen LogP contribution in [0.3, 0.4) is 0 Å². The average molecular weight is 151 g/mol. The molecule has 0 atom stereocenters. The van der Waals surface area contributed by atoms with Gasteiger partial charge >= 0.3 is 0 Å². The minimum atomic E-state index is 0.816. The molecular weight excluding hydrogens is 142 g/mol. The number of rotatable bonds is 0. The Labute approximate surface area is 64.5 Å². The second kappa shape index (κ2) is 3.90. The summed E-state index contributed by atoms with van der Waals surface area (Å²) in [6.07, 6.45) is 0. The highest BCUT2D eigenvalue weighted by molar-refractivity contribution is 7.13. The molecule has 0 aromatic carbocycles. The summed E-state index contributed by atoms with van der Waals surface area (Å²) >= 11 is 1.52. The minimum absolute atomic E-state index is 0.816. The van der Waals surface area contributed by atoms with E-state index in [4.69, 9.17) is 5.73 Å². The monoisotopic (exact) mass is 151 g/mol. The van der Waals surface area contributed by atoms with E-state index >= 15 is 0 Å². The van der Waals surface area contributed by atoms with Gasteiger partial charge in [0.25, 0.3) is 0 Å². The van der Waals surface area contributed by atoms with E-state index in [1.807, 2.05) is 41.8 Å². The molecule has 0 bridgehead atoms. The van der Waals surface area contributed by atoms with Crippen LogP contribution in [0.2, 0.25) is 0 Å². The Morgan fingerprint density at radius 1 is 1.00 bits per heavy atom. The highest BCUT2D eigenvalue weighted by Gasteiger charge is 1.71. The summed E-state index contributed by atoms with van der Waals surface area (Å²) in [6, 6.07) is 11.6. The maximum atomic E-state index is 5.57. The molecule has 1 heterocycles. The predicted molar refractivity (Wildman–Crippen MR) is 46.4 cm³/mol. The molecule has 52 valence electrons. The summed E-state index contributed by atoms with van der Waals surface area (Å²) in [5.74, 6) is 0. The van der Waals surface area contributed by atoms with Crippen molar-refractivity contribution < 1.29 is 0 Å². The SMILES string of the molecule is Nc1cccccccs1. The quantitative estimate of drug-likeness (QED) is 0.605. The van der Waals surface area contributed by atoms with Crippen LogP contribution in [-0.2, 0) is 0 Å². The molecule has 0 aliphatic heterocycles. The smallest absolute Gasteiger partial charge is 0.0855 e. The lowest BCUT2D eigenvalue weighted by Crippen LogP contribution is -1.74. The zero-order valence-corrected chi connectivity index (χ0v) is 6.34. The van der Waals surface area contributed by atoms with E-state index in [0.29, 0.717) is 0 Å². The Morgan fingerprint density at radius 2 is 1.70 bits per heavy atom. The average Bonchev–Trinajstić information content (AvgIpc) is 2.02. The summed E-state index contributed by atoms with van der Waals surface area (Å²) in [6.45, 7) is 0. The van der Waals surface area contributed by atoms with E-state index in [9.17, 15) is 0 Å². The maximum absolute atomic E-state index is 5.57. The molecule has 2 N–H and O–H groups in total. The van der Waals surface area contributed by atoms with Crippen LogP contribution in [0, 0.1) is 0 Å². The van der Waals surface area contributed by atoms with Gasteiger partial charge in [0.1, 0.15) is 0 Å². The Hall–Kier alpha value is -1.02. The molecule has 0 radical (unpaired) electrons. The van der Waals surface area contributed by atoms with Crippen LogP contribution >= 0.6 is 11.3 Å². The van der Waals surface area contributed by atoms with Crippen molar-refractivity contribution in [2.24, 2.45) is 0 Å². The summed E-state index contributed by atoms with van der Waals surface area (Å²) in [4.78, 5) is 0. The van der Waals surface area contributed by atoms with Gasteiger partial charge in [0, 0.05) is 0 Å². The number of nitrogen functional groups attached to an aromatic ring is 1. The van der Waals surface area contributed by atoms with Gasteiger partial charge in [-0.1, -0.05) is 30.3 Å². The molecule has 0 aliphatic rings. The second-order valence-electron chi connectivity index (χ2n) is 1.79. The Bertz CT molecular complexity index is 217. The second-order valence-corrected chi connectivity index (χ2v) is 2.76. The van der Waals surface area contributed by atoms with Crippen LogP contribution < -0.4 is 5.73 Å². The standard InChI is InChI=1S/C8H9NS/c9-8-6-4-2-1-3-5-7-10-8/h1-7H,9H2. The van der Waals surface area contributed by atoms with E-state index in [0.717, 1.165) is 5.00 Å². The lowest BCUT2D eigenvalue weighted by Gasteiger charge is -1.77. The molecule has 0 spiro atoms. The molecular formula is C8H9NS. The van der Waals surface area contributed by atoms with Crippen molar-refractivity contribution in [3.8, 4) is 0 Å². The maximum Gasteiger partial charge on any atom is 0.0855 e. The van der Waals surface area contributed by atoms with E-state index in [2.05, 4.69) is 0 Å². The third-order valence-electron chi connectivity index (χ3n) is 0.988. The molecule has 2 heteroatoms. The number of anilines is 1. The predicted octanol–water partition coefficient (Wildman–Crippen LogP) is 2.45. The summed E-state index contributed by atoms with van der Waals surface area (Å²) in [5, 5.41) is 2.77. The first kappa shape index (κ1) is 7.09. The lowest BCUT2D eigenvalue weighted by atomic mass is 10.5. The van der Waals surface area contributed by atoms with Crippen molar-refractivity contribution >= 4 is 16.3 Å². The molecule has 0 saturated carbocycles. The van der Waals surface area contributed by atoms with E-state index < -0.39 is 0 Å². The highest BCUT2D eigenvalue weighted by Crippen LogP contribution is 2.03. The number of nitrogens with two attached hydrogens (primary N) is 1. The third-order valence-corrected chi connectivity index (χ3v) is 1.69. The van der Waals surface area contributed by atoms with Crippen molar-refractivity contribution in [2.45, 2.75) is 0 Å². The van der Waals surface area contributed by atoms with E-state index in [1.54, 1.807) is 0 Å². The van der Waals surface area contributed by atoms with Crippen molar-refractivity contribution in [3.05, 3.63) is 41.8 Å². The molecule has 1 aromatic heterocycles. The summed E-state index contributed by atoms with van der Waals surface area (Å²) in [5.41, 5.74) is 5.57. The van der Waals surface area contributed by atoms with Gasteiger partial charge in [-0.3, -0.25) is 0 Å². The van der Waals surface area contributed by atoms with Crippen molar-refractivity contribution in [2.75, 3.05) is 5.73 Å². The fourth-order valence-corrected chi connectivity index (χ4v) is 1.03. The van der Waals surface area contributed by atoms with Crippen molar-refractivity contribution in [1.82, 2.24) is 0 Å². The molecule has 0 fully saturated rings. The number of hydrogen-bond acceptors (Lipinski definition) is 2. The van der Waals surface area contributed by atoms with Gasteiger partial charge in [0.15, 0.2) is 0 Å². The highest BCUT2D eigenvalue weighted by atomic mass is 32.1. The van der Waals surface area contributed by atoms with Gasteiger partial charge in [0.2, 0.25) is 0 Å². The molecule has 0 saturated heterocycles. The first-order valence-corrected chi connectivity index (χ1v) is 3.90. The van der Waals surface area contributed by atoms with Crippen LogP contribution in [0.4, 0.5) is 5.00 Å². The summed E-state index contributed by atoms with van der Waals surface area (Å²) in [7, 11) is 0. The van der Waals surface area contributed by atoms with Gasteiger partial charge in [-0.05, 0) is 11.4 Å². The van der Waals surface area contributed by atoms with Gasteiger partial charge in [-0.15, -0.1) is 11.3 Å². The van der Waals surface area contributed by atoms with Gasteiger partial charge in [-0.2, -0.15) is 0 Å². The van der Waals surface area contributed by atoms with Crippen molar-refractivity contribution in [1.29, 1.82) is 0 Å². The van der Waals surface area contributed by atoms with Gasteiger partial charge in [-0.25, -0.2) is 0 Å². The zero-order chi connectivity index (χ0) is 7.23. The molecule has 10 heavy (non-hydrogen) atoms. The third kappa shape index (κ3) is 2.51. The first-order valence-electron chi connectivity index (χ1n) is 3.02. The fraction of sp³-hybridized carbons (Fsp3) is 0. The Morgan fingerprint density at radius 3 is 2.60 bits per heavy atom. The van der Waals surface area contributed by atoms with Gasteiger partial charge < -0.3 is 5.73 Å². The number of hydrogen-bond donors (Lipinski definition) is 1. The lowest BCUT2D eigenvalue weighted by molar-refractivity contribution is 1.81. The van der Waals surface area contributed by atoms with E-state index in [-0.39, 0.29) is 0 Å². The molecule has 0 unspecified atom stereocenters. The Kier molecular flexibility index (Phi) is 2.77. The van der Waals surface area contributed by atoms with Crippen molar-refractivity contribution in [3.63, 3.8) is 0 Å². The first-order chi connectivity index (χ1) is 4.89. The topological polar surface area (TPSA) is 26.0 Å². The molecule has 1 nitrogen and oxygen atoms in total. The minimum Gasteiger partial charge on any atom is -0.391 e. The van der Waals surface area contributed by atoms with Crippen LogP contribution in [0.15, 0.2) is 41.8 Å². The zero-order valence-electron chi connectivity index (χ0n) is 5.53. The fourth-order valence-electron chi connectivity index (χ4n) is 0.545. The van der Waals surface area contributed by atoms with E-state index in [1.165, 1.54) is 11.3 Å². The van der Waals surface area contributed by atoms with Crippen LogP contribution in [-0.4, -0.2) is 0 Å². The van der Waals surface area contributed by atoms with Gasteiger partial charge in [0.05, 0.1) is 5.00 Å². The molecule has 1 rings (SSSR count). The normalized spacial score (nSPS) is 8.40. The molecule has 0 aliphatic carbocycles.